The van der Waals surface area contributed by atoms with E-state index in [-0.39, 0.29) is 0 Å². The number of fused-ring (bicyclic) bond motifs is 1. The number of nitrogens with zero attached hydrogens (tertiary/aromatic N) is 3. The Morgan fingerprint density at radius 3 is 2.67 bits per heavy atom. The number of carbonyl (C=O) groups is 1. The molecule has 1 aromatic carbocycles. The maximum absolute atomic E-state index is 11.6. The summed E-state index contributed by atoms with van der Waals surface area (Å²) in [4.78, 5) is 18.5. The third kappa shape index (κ3) is 2.51. The van der Waals surface area contributed by atoms with Crippen LogP contribution in [-0.2, 0) is 0 Å². The van der Waals surface area contributed by atoms with Crippen molar-refractivity contribution >= 4 is 22.6 Å². The summed E-state index contributed by atoms with van der Waals surface area (Å²) in [5, 5.41) is 4.20. The molecule has 6 nitrogen and oxygen atoms in total. The maximum atomic E-state index is 11.6. The summed E-state index contributed by atoms with van der Waals surface area (Å²) in [6, 6.07) is 11.6. The number of hydrogen-bond acceptors (Lipinski definition) is 4. The van der Waals surface area contributed by atoms with Gasteiger partial charge in [0.05, 0.1) is 17.4 Å². The smallest absolute Gasteiger partial charge is 0.249 e. The van der Waals surface area contributed by atoms with Crippen molar-refractivity contribution < 1.29 is 4.79 Å². The fourth-order valence-corrected chi connectivity index (χ4v) is 3.21. The fraction of sp³-hybridized carbons (Fsp3) is 0.222. The molecule has 6 heteroatoms. The molecule has 0 radical (unpaired) electrons. The summed E-state index contributed by atoms with van der Waals surface area (Å²) >= 11 is 0. The van der Waals surface area contributed by atoms with E-state index in [4.69, 9.17) is 5.73 Å². The molecule has 1 aliphatic rings. The zero-order valence-corrected chi connectivity index (χ0v) is 13.3. The van der Waals surface area contributed by atoms with Crippen molar-refractivity contribution in [2.75, 3.05) is 31.1 Å². The molecule has 24 heavy (non-hydrogen) atoms. The van der Waals surface area contributed by atoms with Gasteiger partial charge in [-0.15, -0.1) is 0 Å². The SMILES string of the molecule is NC(=O)c1cccc2c1ccn2-c1ccc(N2CCNCC2)nc1. The lowest BCUT2D eigenvalue weighted by atomic mass is 10.1. The van der Waals surface area contributed by atoms with Gasteiger partial charge in [0.1, 0.15) is 5.82 Å². The molecule has 1 amide bonds. The molecule has 1 fully saturated rings. The number of aromatic nitrogens is 2. The Morgan fingerprint density at radius 2 is 1.96 bits per heavy atom. The van der Waals surface area contributed by atoms with Crippen molar-refractivity contribution in [2.24, 2.45) is 5.73 Å². The van der Waals surface area contributed by atoms with Crippen LogP contribution in [0.3, 0.4) is 0 Å². The summed E-state index contributed by atoms with van der Waals surface area (Å²) in [5.74, 6) is 0.583. The molecule has 0 bridgehead atoms. The van der Waals surface area contributed by atoms with Crippen LogP contribution in [0.5, 0.6) is 0 Å². The average Bonchev–Trinajstić information content (AvgIpc) is 3.06. The van der Waals surface area contributed by atoms with Crippen LogP contribution in [0.4, 0.5) is 5.82 Å². The molecule has 0 unspecified atom stereocenters. The van der Waals surface area contributed by atoms with Gasteiger partial charge in [0.2, 0.25) is 5.91 Å². The third-order valence-corrected chi connectivity index (χ3v) is 4.45. The maximum Gasteiger partial charge on any atom is 0.249 e. The number of nitrogens with two attached hydrogens (primary N) is 1. The number of nitrogens with one attached hydrogen (secondary N) is 1. The van der Waals surface area contributed by atoms with Gasteiger partial charge in [-0.25, -0.2) is 4.98 Å². The van der Waals surface area contributed by atoms with Gasteiger partial charge in [0.15, 0.2) is 0 Å². The van der Waals surface area contributed by atoms with Gasteiger partial charge in [-0.1, -0.05) is 6.07 Å². The Balaban J connectivity index is 1.70. The molecular formula is C18H19N5O. The topological polar surface area (TPSA) is 76.2 Å². The number of carbonyl (C=O) groups excluding carboxylic acids is 1. The first kappa shape index (κ1) is 14.7. The van der Waals surface area contributed by atoms with E-state index in [2.05, 4.69) is 21.3 Å². The molecule has 3 heterocycles. The lowest BCUT2D eigenvalue weighted by Crippen LogP contribution is -2.43. The highest BCUT2D eigenvalue weighted by Gasteiger charge is 2.13. The number of rotatable bonds is 3. The molecule has 3 N–H and O–H groups in total. The van der Waals surface area contributed by atoms with E-state index in [1.165, 1.54) is 0 Å². The number of piperazine rings is 1. The lowest BCUT2D eigenvalue weighted by molar-refractivity contribution is 0.100. The molecule has 1 aliphatic heterocycles. The molecular weight excluding hydrogens is 302 g/mol. The Bertz CT molecular complexity index is 878. The van der Waals surface area contributed by atoms with Gasteiger partial charge in [-0.3, -0.25) is 4.79 Å². The minimum atomic E-state index is -0.412. The molecule has 122 valence electrons. The first-order valence-corrected chi connectivity index (χ1v) is 8.06. The molecule has 4 rings (SSSR count). The summed E-state index contributed by atoms with van der Waals surface area (Å²) in [6.07, 6.45) is 3.81. The van der Waals surface area contributed by atoms with Gasteiger partial charge in [-0.05, 0) is 30.3 Å². The number of benzene rings is 1. The standard InChI is InChI=1S/C18H19N5O/c19-18(24)15-2-1-3-16-14(15)6-9-23(16)13-4-5-17(21-12-13)22-10-7-20-8-11-22/h1-6,9,12,20H,7-8,10-11H2,(H2,19,24). The highest BCUT2D eigenvalue weighted by Crippen LogP contribution is 2.24. The predicted octanol–water partition coefficient (Wildman–Crippen LogP) is 1.53. The van der Waals surface area contributed by atoms with Crippen LogP contribution in [0, 0.1) is 0 Å². The highest BCUT2D eigenvalue weighted by molar-refractivity contribution is 6.06. The van der Waals surface area contributed by atoms with Gasteiger partial charge < -0.3 is 20.5 Å². The summed E-state index contributed by atoms with van der Waals surface area (Å²) in [7, 11) is 0. The van der Waals surface area contributed by atoms with E-state index >= 15 is 0 Å². The highest BCUT2D eigenvalue weighted by atomic mass is 16.1. The van der Waals surface area contributed by atoms with E-state index < -0.39 is 5.91 Å². The first-order valence-electron chi connectivity index (χ1n) is 8.06. The normalized spacial score (nSPS) is 14.9. The Hall–Kier alpha value is -2.86. The molecule has 0 spiro atoms. The van der Waals surface area contributed by atoms with Gasteiger partial charge in [0.25, 0.3) is 0 Å². The largest absolute Gasteiger partial charge is 0.366 e. The molecule has 2 aromatic heterocycles. The van der Waals surface area contributed by atoms with Crippen molar-refractivity contribution in [2.45, 2.75) is 0 Å². The van der Waals surface area contributed by atoms with E-state index in [9.17, 15) is 4.79 Å². The Labute approximate surface area is 139 Å². The molecule has 1 saturated heterocycles. The van der Waals surface area contributed by atoms with Crippen molar-refractivity contribution in [3.8, 4) is 5.69 Å². The number of hydrogen-bond donors (Lipinski definition) is 2. The molecule has 0 atom stereocenters. The zero-order valence-electron chi connectivity index (χ0n) is 13.3. The second-order valence-corrected chi connectivity index (χ2v) is 5.90. The number of pyridine rings is 1. The molecule has 3 aromatic rings. The van der Waals surface area contributed by atoms with Crippen LogP contribution >= 0.6 is 0 Å². The van der Waals surface area contributed by atoms with Crippen LogP contribution in [0.25, 0.3) is 16.6 Å². The second-order valence-electron chi connectivity index (χ2n) is 5.90. The van der Waals surface area contributed by atoms with E-state index in [0.29, 0.717) is 5.56 Å². The monoisotopic (exact) mass is 321 g/mol. The van der Waals surface area contributed by atoms with Crippen molar-refractivity contribution in [1.29, 1.82) is 0 Å². The third-order valence-electron chi connectivity index (χ3n) is 4.45. The summed E-state index contributed by atoms with van der Waals surface area (Å²) in [6.45, 7) is 3.92. The minimum absolute atomic E-state index is 0.412. The fourth-order valence-electron chi connectivity index (χ4n) is 3.21. The van der Waals surface area contributed by atoms with E-state index in [1.54, 1.807) is 6.07 Å². The second kappa shape index (κ2) is 5.98. The van der Waals surface area contributed by atoms with Gasteiger partial charge in [-0.2, -0.15) is 0 Å². The number of amides is 1. The van der Waals surface area contributed by atoms with Crippen LogP contribution in [0.15, 0.2) is 48.8 Å². The van der Waals surface area contributed by atoms with Gasteiger partial charge >= 0.3 is 0 Å². The van der Waals surface area contributed by atoms with Crippen LogP contribution < -0.4 is 16.0 Å². The number of primary amides is 1. The van der Waals surface area contributed by atoms with E-state index in [1.807, 2.05) is 41.2 Å². The summed E-state index contributed by atoms with van der Waals surface area (Å²) in [5.41, 5.74) is 7.91. The first-order chi connectivity index (χ1) is 11.7. The van der Waals surface area contributed by atoms with Crippen molar-refractivity contribution in [1.82, 2.24) is 14.9 Å². The zero-order chi connectivity index (χ0) is 16.5. The van der Waals surface area contributed by atoms with Crippen LogP contribution in [0.2, 0.25) is 0 Å². The van der Waals surface area contributed by atoms with Crippen molar-refractivity contribution in [3.63, 3.8) is 0 Å². The Morgan fingerprint density at radius 1 is 1.12 bits per heavy atom. The summed E-state index contributed by atoms with van der Waals surface area (Å²) < 4.78 is 2.02. The lowest BCUT2D eigenvalue weighted by Gasteiger charge is -2.28. The van der Waals surface area contributed by atoms with Crippen molar-refractivity contribution in [3.05, 3.63) is 54.4 Å². The van der Waals surface area contributed by atoms with E-state index in [0.717, 1.165) is 48.6 Å². The molecule has 0 saturated carbocycles. The predicted molar refractivity (Wildman–Crippen MR) is 94.7 cm³/mol. The quantitative estimate of drug-likeness (QED) is 0.767. The average molecular weight is 321 g/mol. The number of anilines is 1. The Kier molecular flexibility index (Phi) is 3.66. The van der Waals surface area contributed by atoms with Gasteiger partial charge in [0, 0.05) is 43.3 Å². The van der Waals surface area contributed by atoms with Crippen LogP contribution in [-0.4, -0.2) is 41.6 Å². The molecule has 0 aliphatic carbocycles. The minimum Gasteiger partial charge on any atom is -0.366 e. The van der Waals surface area contributed by atoms with Crippen LogP contribution in [0.1, 0.15) is 10.4 Å².